The second-order valence-corrected chi connectivity index (χ2v) is 6.04. The number of rotatable bonds is 6. The number of fused-ring (bicyclic) bond motifs is 1. The lowest BCUT2D eigenvalue weighted by molar-refractivity contribution is -0.00460. The molecule has 1 unspecified atom stereocenters. The zero-order chi connectivity index (χ0) is 15.5. The molecule has 0 saturated heterocycles. The van der Waals surface area contributed by atoms with Gasteiger partial charge in [0.2, 0.25) is 0 Å². The van der Waals surface area contributed by atoms with Gasteiger partial charge in [-0.2, -0.15) is 0 Å². The molecule has 0 aliphatic heterocycles. The zero-order valence-corrected chi connectivity index (χ0v) is 13.5. The molecule has 3 heteroatoms. The summed E-state index contributed by atoms with van der Waals surface area (Å²) in [5, 5.41) is 11.8. The lowest BCUT2D eigenvalue weighted by Crippen LogP contribution is -2.53. The predicted octanol–water partition coefficient (Wildman–Crippen LogP) is 3.26. The van der Waals surface area contributed by atoms with Crippen LogP contribution in [0.15, 0.2) is 36.4 Å². The smallest absolute Gasteiger partial charge is 0.0773 e. The Morgan fingerprint density at radius 2 is 1.76 bits per heavy atom. The molecular formula is C18H26N2O. The van der Waals surface area contributed by atoms with Gasteiger partial charge in [-0.05, 0) is 39.1 Å². The summed E-state index contributed by atoms with van der Waals surface area (Å²) in [7, 11) is 0. The van der Waals surface area contributed by atoms with Crippen molar-refractivity contribution in [3.63, 3.8) is 0 Å². The van der Waals surface area contributed by atoms with Crippen LogP contribution in [-0.2, 0) is 6.42 Å². The lowest BCUT2D eigenvalue weighted by Gasteiger charge is -2.41. The molecule has 1 aromatic heterocycles. The van der Waals surface area contributed by atoms with Crippen LogP contribution >= 0.6 is 0 Å². The van der Waals surface area contributed by atoms with Gasteiger partial charge in [0.05, 0.1) is 11.6 Å². The number of aromatic nitrogens is 1. The van der Waals surface area contributed by atoms with Crippen molar-refractivity contribution in [1.82, 2.24) is 9.88 Å². The lowest BCUT2D eigenvalue weighted by atomic mass is 9.91. The summed E-state index contributed by atoms with van der Waals surface area (Å²) in [6.45, 7) is 10.3. The molecule has 2 aromatic rings. The molecule has 0 aliphatic carbocycles. The quantitative estimate of drug-likeness (QED) is 0.885. The molecule has 1 aromatic carbocycles. The summed E-state index contributed by atoms with van der Waals surface area (Å²) in [4.78, 5) is 6.95. The number of para-hydroxylation sites is 1. The van der Waals surface area contributed by atoms with Crippen molar-refractivity contribution in [3.8, 4) is 0 Å². The molecule has 0 saturated carbocycles. The normalized spacial score (nSPS) is 13.8. The third-order valence-corrected chi connectivity index (χ3v) is 4.45. The number of aliphatic hydroxyl groups is 1. The second-order valence-electron chi connectivity index (χ2n) is 6.04. The highest BCUT2D eigenvalue weighted by Crippen LogP contribution is 2.22. The molecule has 0 amide bonds. The average molecular weight is 286 g/mol. The van der Waals surface area contributed by atoms with E-state index in [2.05, 4.69) is 49.7 Å². The Labute approximate surface area is 127 Å². The molecule has 1 atom stereocenters. The molecule has 0 aliphatic rings. The van der Waals surface area contributed by atoms with Crippen LogP contribution in [0.25, 0.3) is 10.9 Å². The summed E-state index contributed by atoms with van der Waals surface area (Å²) in [5.41, 5.74) is 1.68. The summed E-state index contributed by atoms with van der Waals surface area (Å²) in [5.74, 6) is 0. The highest BCUT2D eigenvalue weighted by Gasteiger charge is 2.32. The van der Waals surface area contributed by atoms with Crippen LogP contribution in [0.5, 0.6) is 0 Å². The van der Waals surface area contributed by atoms with E-state index >= 15 is 0 Å². The third kappa shape index (κ3) is 3.42. The van der Waals surface area contributed by atoms with Crippen molar-refractivity contribution >= 4 is 10.9 Å². The monoisotopic (exact) mass is 286 g/mol. The fourth-order valence-electron chi connectivity index (χ4n) is 2.92. The first-order valence-corrected chi connectivity index (χ1v) is 7.76. The van der Waals surface area contributed by atoms with Crippen molar-refractivity contribution in [2.75, 3.05) is 13.1 Å². The van der Waals surface area contributed by atoms with Gasteiger partial charge in [0, 0.05) is 23.0 Å². The van der Waals surface area contributed by atoms with Gasteiger partial charge in [-0.15, -0.1) is 0 Å². The number of aliphatic hydroxyl groups excluding tert-OH is 1. The van der Waals surface area contributed by atoms with Crippen LogP contribution in [0, 0.1) is 0 Å². The van der Waals surface area contributed by atoms with Gasteiger partial charge in [0.25, 0.3) is 0 Å². The van der Waals surface area contributed by atoms with Crippen LogP contribution in [0.4, 0.5) is 0 Å². The fraction of sp³-hybridized carbons (Fsp3) is 0.500. The number of hydrogen-bond donors (Lipinski definition) is 1. The minimum absolute atomic E-state index is 0.253. The van der Waals surface area contributed by atoms with E-state index in [0.717, 1.165) is 29.7 Å². The van der Waals surface area contributed by atoms with E-state index in [9.17, 15) is 5.11 Å². The van der Waals surface area contributed by atoms with Gasteiger partial charge >= 0.3 is 0 Å². The molecule has 1 heterocycles. The Hall–Kier alpha value is -1.45. The van der Waals surface area contributed by atoms with Crippen molar-refractivity contribution < 1.29 is 5.11 Å². The third-order valence-electron chi connectivity index (χ3n) is 4.45. The van der Waals surface area contributed by atoms with Crippen molar-refractivity contribution in [2.24, 2.45) is 0 Å². The topological polar surface area (TPSA) is 36.4 Å². The molecule has 114 valence electrons. The summed E-state index contributed by atoms with van der Waals surface area (Å²) < 4.78 is 0. The van der Waals surface area contributed by atoms with E-state index in [-0.39, 0.29) is 5.54 Å². The summed E-state index contributed by atoms with van der Waals surface area (Å²) in [6.07, 6.45) is 0.139. The van der Waals surface area contributed by atoms with Crippen LogP contribution in [-0.4, -0.2) is 39.7 Å². The highest BCUT2D eigenvalue weighted by atomic mass is 16.3. The average Bonchev–Trinajstić information content (AvgIpc) is 2.48. The number of hydrogen-bond acceptors (Lipinski definition) is 3. The molecule has 1 N–H and O–H groups in total. The molecule has 0 bridgehead atoms. The van der Waals surface area contributed by atoms with Gasteiger partial charge < -0.3 is 5.11 Å². The van der Waals surface area contributed by atoms with E-state index in [4.69, 9.17) is 0 Å². The zero-order valence-electron chi connectivity index (χ0n) is 13.5. The van der Waals surface area contributed by atoms with Crippen molar-refractivity contribution in [3.05, 3.63) is 42.1 Å². The maximum atomic E-state index is 10.7. The van der Waals surface area contributed by atoms with Crippen molar-refractivity contribution in [1.29, 1.82) is 0 Å². The molecule has 0 radical (unpaired) electrons. The van der Waals surface area contributed by atoms with E-state index in [1.54, 1.807) is 0 Å². The largest absolute Gasteiger partial charge is 0.391 e. The van der Waals surface area contributed by atoms with Crippen LogP contribution in [0.1, 0.15) is 33.4 Å². The SMILES string of the molecule is CCN(CC)C(C)(C)C(O)Cc1ccc2ccccc2n1. The fourth-order valence-corrected chi connectivity index (χ4v) is 2.92. The molecule has 2 rings (SSSR count). The maximum Gasteiger partial charge on any atom is 0.0773 e. The van der Waals surface area contributed by atoms with Gasteiger partial charge in [0.15, 0.2) is 0 Å². The first-order chi connectivity index (χ1) is 9.98. The molecule has 3 nitrogen and oxygen atoms in total. The van der Waals surface area contributed by atoms with E-state index in [1.165, 1.54) is 0 Å². The molecule has 0 fully saturated rings. The van der Waals surface area contributed by atoms with Crippen molar-refractivity contribution in [2.45, 2.75) is 45.8 Å². The Morgan fingerprint density at radius 3 is 2.43 bits per heavy atom. The number of benzene rings is 1. The van der Waals surface area contributed by atoms with Gasteiger partial charge in [-0.25, -0.2) is 0 Å². The highest BCUT2D eigenvalue weighted by molar-refractivity contribution is 5.78. The van der Waals surface area contributed by atoms with E-state index in [0.29, 0.717) is 6.42 Å². The number of likely N-dealkylation sites (N-methyl/N-ethyl adjacent to an activating group) is 1. The number of pyridine rings is 1. The summed E-state index contributed by atoms with van der Waals surface area (Å²) in [6, 6.07) is 12.2. The Morgan fingerprint density at radius 1 is 1.10 bits per heavy atom. The second kappa shape index (κ2) is 6.54. The Balaban J connectivity index is 2.18. The Kier molecular flexibility index (Phi) is 4.96. The van der Waals surface area contributed by atoms with Crippen LogP contribution < -0.4 is 0 Å². The first-order valence-electron chi connectivity index (χ1n) is 7.76. The molecule has 0 spiro atoms. The van der Waals surface area contributed by atoms with E-state index in [1.807, 2.05) is 24.3 Å². The standard InChI is InChI=1S/C18H26N2O/c1-5-20(6-2)18(3,4)17(21)13-15-12-11-14-9-7-8-10-16(14)19-15/h7-12,17,21H,5-6,13H2,1-4H3. The summed E-state index contributed by atoms with van der Waals surface area (Å²) >= 11 is 0. The Bertz CT molecular complexity index is 591. The minimum atomic E-state index is -0.439. The maximum absolute atomic E-state index is 10.7. The first kappa shape index (κ1) is 15.9. The molecule has 21 heavy (non-hydrogen) atoms. The molecular weight excluding hydrogens is 260 g/mol. The van der Waals surface area contributed by atoms with Gasteiger partial charge in [0.1, 0.15) is 0 Å². The van der Waals surface area contributed by atoms with Crippen LogP contribution in [0.2, 0.25) is 0 Å². The number of nitrogens with zero attached hydrogens (tertiary/aromatic N) is 2. The van der Waals surface area contributed by atoms with E-state index < -0.39 is 6.10 Å². The van der Waals surface area contributed by atoms with Gasteiger partial charge in [-0.1, -0.05) is 38.1 Å². The predicted molar refractivity (Wildman–Crippen MR) is 88.5 cm³/mol. The van der Waals surface area contributed by atoms with Crippen LogP contribution in [0.3, 0.4) is 0 Å². The minimum Gasteiger partial charge on any atom is -0.391 e. The van der Waals surface area contributed by atoms with Gasteiger partial charge in [-0.3, -0.25) is 9.88 Å².